The van der Waals surface area contributed by atoms with Gasteiger partial charge in [0, 0.05) is 56.6 Å². The number of aliphatic carboxylic acids is 2. The number of phenolic OH excluding ortho intramolecular Hbond substituents is 2. The summed E-state index contributed by atoms with van der Waals surface area (Å²) >= 11 is 0. The molecule has 2 rings (SSSR count). The van der Waals surface area contributed by atoms with Crippen molar-refractivity contribution in [3.63, 3.8) is 0 Å². The zero-order chi connectivity index (χ0) is 42.8. The molecule has 2 aromatic rings. The molecule has 0 heterocycles. The van der Waals surface area contributed by atoms with Gasteiger partial charge in [-0.25, -0.2) is 0 Å². The van der Waals surface area contributed by atoms with Crippen molar-refractivity contribution in [2.75, 3.05) is 26.2 Å². The molecule has 0 aliphatic rings. The minimum atomic E-state index is -5.44. The summed E-state index contributed by atoms with van der Waals surface area (Å²) in [5.74, 6) is -5.13. The molecular formula is C29H43N3O20P4. The summed E-state index contributed by atoms with van der Waals surface area (Å²) in [6.45, 7) is -1.87. The first-order chi connectivity index (χ1) is 25.6. The number of aromatic hydroxyl groups is 2. The minimum absolute atomic E-state index is 0.0823. The molecule has 2 aromatic carbocycles. The van der Waals surface area contributed by atoms with Crippen LogP contribution in [0.1, 0.15) is 41.5 Å². The molecule has 0 saturated carbocycles. The molecule has 0 radical (unpaired) electrons. The lowest BCUT2D eigenvalue weighted by Gasteiger charge is -2.26. The van der Waals surface area contributed by atoms with Crippen LogP contribution in [0.5, 0.6) is 11.5 Å². The van der Waals surface area contributed by atoms with E-state index < -0.39 is 97.3 Å². The number of aryl methyl sites for hydroxylation is 2. The second-order valence-electron chi connectivity index (χ2n) is 12.7. The summed E-state index contributed by atoms with van der Waals surface area (Å²) < 4.78 is 46.0. The van der Waals surface area contributed by atoms with Crippen LogP contribution in [0.25, 0.3) is 0 Å². The Morgan fingerprint density at radius 1 is 0.607 bits per heavy atom. The lowest BCUT2D eigenvalue weighted by Crippen LogP contribution is -2.39. The maximum absolute atomic E-state index is 12.4. The minimum Gasteiger partial charge on any atom is -0.508 e. The maximum atomic E-state index is 12.4. The predicted molar refractivity (Wildman–Crippen MR) is 192 cm³/mol. The molecule has 0 aromatic heterocycles. The standard InChI is InChI=1S/C29H43N3O20P4/c33-22(13-28(53(41,42)43)54(44,45)46)5-1-18-2-6-23(34)20(11-18)14-31(16-26(37)38)9-10-32(17-27(39)40)15-21-12-19(3-7-24(21)35)4-8-25(36)30-29(55(47,48)49)56(50,51)52/h2-3,6-7,11-12,28-29,34-35H,1,4-5,8-10,13-17H2,(H,30,36)(H,37,38)(H,39,40)(H2,41,42,43)(H2,44,45,46)(H2,47,48,49)(H2,50,51,52). The Bertz CT molecular complexity index is 1760. The van der Waals surface area contributed by atoms with E-state index in [0.717, 1.165) is 0 Å². The molecule has 0 bridgehead atoms. The van der Waals surface area contributed by atoms with Crippen molar-refractivity contribution in [1.29, 1.82) is 0 Å². The number of Topliss-reactive ketones (excluding diaryl/α,β-unsaturated/α-hetero) is 1. The van der Waals surface area contributed by atoms with Crippen LogP contribution < -0.4 is 5.32 Å². The Hall–Kier alpha value is -3.36. The molecule has 13 N–H and O–H groups in total. The molecule has 56 heavy (non-hydrogen) atoms. The van der Waals surface area contributed by atoms with E-state index in [0.29, 0.717) is 11.1 Å². The summed E-state index contributed by atoms with van der Waals surface area (Å²) in [7, 11) is -21.5. The monoisotopic (exact) mass is 877 g/mol. The molecule has 27 heteroatoms. The number of benzene rings is 2. The molecule has 0 unspecified atom stereocenters. The number of carboxylic acids is 2. The second-order valence-corrected chi connectivity index (χ2v) is 20.5. The third kappa shape index (κ3) is 17.0. The summed E-state index contributed by atoms with van der Waals surface area (Å²) in [6.07, 6.45) is -2.21. The van der Waals surface area contributed by atoms with Crippen LogP contribution in [0.4, 0.5) is 0 Å². The van der Waals surface area contributed by atoms with Crippen LogP contribution in [-0.2, 0) is 63.4 Å². The Morgan fingerprint density at radius 2 is 1.00 bits per heavy atom. The lowest BCUT2D eigenvalue weighted by atomic mass is 10.0. The zero-order valence-corrected chi connectivity index (χ0v) is 32.8. The lowest BCUT2D eigenvalue weighted by molar-refractivity contribution is -0.140. The van der Waals surface area contributed by atoms with E-state index in [2.05, 4.69) is 0 Å². The van der Waals surface area contributed by atoms with E-state index >= 15 is 0 Å². The van der Waals surface area contributed by atoms with Crippen LogP contribution in [0.15, 0.2) is 36.4 Å². The van der Waals surface area contributed by atoms with Gasteiger partial charge in [-0.1, -0.05) is 24.3 Å². The van der Waals surface area contributed by atoms with E-state index in [1.165, 1.54) is 46.2 Å². The number of carboxylic acid groups (broad SMARTS) is 2. The van der Waals surface area contributed by atoms with E-state index in [1.54, 1.807) is 5.32 Å². The number of phenols is 2. The summed E-state index contributed by atoms with van der Waals surface area (Å²) in [6, 6.07) is 8.06. The second kappa shape index (κ2) is 20.4. The molecule has 1 amide bonds. The van der Waals surface area contributed by atoms with Crippen molar-refractivity contribution < 1.29 is 97.0 Å². The quantitative estimate of drug-likeness (QED) is 0.0609. The Morgan fingerprint density at radius 3 is 1.36 bits per heavy atom. The van der Waals surface area contributed by atoms with Gasteiger partial charge in [0.15, 0.2) is 5.40 Å². The molecule has 23 nitrogen and oxygen atoms in total. The molecular weight excluding hydrogens is 834 g/mol. The third-order valence-corrected chi connectivity index (χ3v) is 15.0. The number of ketones is 1. The highest BCUT2D eigenvalue weighted by atomic mass is 31.2. The van der Waals surface area contributed by atoms with Gasteiger partial charge in [0.05, 0.1) is 13.1 Å². The van der Waals surface area contributed by atoms with Crippen LogP contribution in [0.2, 0.25) is 0 Å². The fraction of sp³-hybridized carbons (Fsp3) is 0.448. The largest absolute Gasteiger partial charge is 0.508 e. The summed E-state index contributed by atoms with van der Waals surface area (Å²) in [5.41, 5.74) is -1.67. The van der Waals surface area contributed by atoms with E-state index in [9.17, 15) is 97.0 Å². The van der Waals surface area contributed by atoms with Crippen molar-refractivity contribution in [2.24, 2.45) is 0 Å². The van der Waals surface area contributed by atoms with Gasteiger partial charge in [0.1, 0.15) is 17.3 Å². The average Bonchev–Trinajstić information content (AvgIpc) is 3.02. The Balaban J connectivity index is 2.18. The van der Waals surface area contributed by atoms with Gasteiger partial charge in [0.2, 0.25) is 11.4 Å². The normalized spacial score (nSPS) is 12.8. The topological polar surface area (TPSA) is 398 Å². The van der Waals surface area contributed by atoms with Gasteiger partial charge < -0.3 is 64.9 Å². The Kier molecular flexibility index (Phi) is 17.7. The highest BCUT2D eigenvalue weighted by Crippen LogP contribution is 2.61. The Labute approximate surface area is 318 Å². The van der Waals surface area contributed by atoms with Gasteiger partial charge in [-0.3, -0.25) is 47.2 Å². The number of carbonyl (C=O) groups is 4. The van der Waals surface area contributed by atoms with Crippen molar-refractivity contribution in [3.8, 4) is 11.5 Å². The molecule has 314 valence electrons. The molecule has 0 aliphatic carbocycles. The smallest absolute Gasteiger partial charge is 0.360 e. The summed E-state index contributed by atoms with van der Waals surface area (Å²) in [4.78, 5) is 125. The van der Waals surface area contributed by atoms with Crippen LogP contribution >= 0.6 is 30.4 Å². The third-order valence-electron chi connectivity index (χ3n) is 7.97. The van der Waals surface area contributed by atoms with Crippen LogP contribution in [-0.4, -0.2) is 130 Å². The van der Waals surface area contributed by atoms with Crippen molar-refractivity contribution in [2.45, 2.75) is 56.1 Å². The number of nitrogens with zero attached hydrogens (tertiary/aromatic N) is 2. The number of hydrogen-bond acceptors (Lipinski definition) is 12. The van der Waals surface area contributed by atoms with E-state index in [-0.39, 0.29) is 61.6 Å². The highest BCUT2D eigenvalue weighted by molar-refractivity contribution is 7.71. The number of nitrogens with one attached hydrogen (secondary N) is 1. The molecule has 0 aliphatic heterocycles. The van der Waals surface area contributed by atoms with Gasteiger partial charge >= 0.3 is 42.3 Å². The van der Waals surface area contributed by atoms with Crippen LogP contribution in [0, 0.1) is 0 Å². The van der Waals surface area contributed by atoms with Crippen LogP contribution in [0.3, 0.4) is 0 Å². The van der Waals surface area contributed by atoms with Crippen molar-refractivity contribution >= 4 is 54.0 Å². The van der Waals surface area contributed by atoms with Gasteiger partial charge in [0.25, 0.3) is 0 Å². The fourth-order valence-corrected chi connectivity index (χ4v) is 9.92. The number of amides is 1. The molecule has 0 spiro atoms. The van der Waals surface area contributed by atoms with E-state index in [4.69, 9.17) is 0 Å². The van der Waals surface area contributed by atoms with Crippen molar-refractivity contribution in [3.05, 3.63) is 58.7 Å². The highest BCUT2D eigenvalue weighted by Gasteiger charge is 2.45. The molecule has 0 atom stereocenters. The summed E-state index contributed by atoms with van der Waals surface area (Å²) in [5, 5.41) is 39.2. The first-order valence-electron chi connectivity index (χ1n) is 16.1. The van der Waals surface area contributed by atoms with Crippen molar-refractivity contribution in [1.82, 2.24) is 15.1 Å². The molecule has 0 fully saturated rings. The first-order valence-corrected chi connectivity index (χ1v) is 22.8. The van der Waals surface area contributed by atoms with Gasteiger partial charge in [-0.05, 0) is 36.1 Å². The predicted octanol–water partition coefficient (Wildman–Crippen LogP) is -0.168. The number of rotatable bonds is 24. The number of hydrogen-bond donors (Lipinski definition) is 13. The van der Waals surface area contributed by atoms with E-state index in [1.807, 2.05) is 0 Å². The average molecular weight is 878 g/mol. The maximum Gasteiger partial charge on any atom is 0.360 e. The first kappa shape index (κ1) is 48.8. The fourth-order valence-electron chi connectivity index (χ4n) is 5.28. The van der Waals surface area contributed by atoms with Gasteiger partial charge in [-0.15, -0.1) is 0 Å². The SMILES string of the molecule is O=C(O)CN(CCN(CC(=O)O)Cc1cc(CCC(=O)NC(P(=O)(O)O)P(=O)(O)O)ccc1O)Cc1cc(CCC(=O)CC(P(=O)(O)O)P(=O)(O)O)ccc1O. The van der Waals surface area contributed by atoms with Gasteiger partial charge in [-0.2, -0.15) is 0 Å². The zero-order valence-electron chi connectivity index (χ0n) is 29.2. The molecule has 0 saturated heterocycles. The number of carbonyl (C=O) groups excluding carboxylic acids is 2.